The van der Waals surface area contributed by atoms with E-state index in [1.165, 1.54) is 25.0 Å². The van der Waals surface area contributed by atoms with Crippen molar-refractivity contribution in [1.82, 2.24) is 0 Å². The van der Waals surface area contributed by atoms with E-state index in [0.29, 0.717) is 21.9 Å². The molecule has 0 saturated heterocycles. The summed E-state index contributed by atoms with van der Waals surface area (Å²) in [5.41, 5.74) is 0.654. The lowest BCUT2D eigenvalue weighted by Crippen LogP contribution is -2.17. The van der Waals surface area contributed by atoms with E-state index < -0.39 is 0 Å². The van der Waals surface area contributed by atoms with Crippen LogP contribution in [0.2, 0.25) is 5.02 Å². The number of aliphatic imine (C=N–C) groups is 1. The van der Waals surface area contributed by atoms with Crippen LogP contribution in [0.15, 0.2) is 23.2 Å². The Labute approximate surface area is 122 Å². The first-order valence-electron chi connectivity index (χ1n) is 6.56. The Hall–Kier alpha value is -0.740. The first-order valence-corrected chi connectivity index (χ1v) is 7.82. The molecule has 0 radical (unpaired) electrons. The van der Waals surface area contributed by atoms with Crippen molar-refractivity contribution in [3.05, 3.63) is 29.0 Å². The number of hydrogen-bond acceptors (Lipinski definition) is 3. The smallest absolute Gasteiger partial charge is 0.161 e. The summed E-state index contributed by atoms with van der Waals surface area (Å²) in [4.78, 5) is 4.49. The van der Waals surface area contributed by atoms with Crippen LogP contribution < -0.4 is 5.32 Å². The average Bonchev–Trinajstić information content (AvgIpc) is 2.78. The van der Waals surface area contributed by atoms with Gasteiger partial charge in [-0.05, 0) is 24.1 Å². The monoisotopic (exact) mass is 300 g/mol. The Balaban J connectivity index is 1.98. The fraction of sp³-hybridized carbons (Fsp3) is 0.500. The zero-order valence-electron chi connectivity index (χ0n) is 11.1. The number of anilines is 1. The van der Waals surface area contributed by atoms with Crippen LogP contribution in [0, 0.1) is 11.7 Å². The van der Waals surface area contributed by atoms with E-state index in [9.17, 15) is 4.39 Å². The number of amidine groups is 1. The molecule has 1 N–H and O–H groups in total. The minimum absolute atomic E-state index is 0.338. The second-order valence-electron chi connectivity index (χ2n) is 4.66. The van der Waals surface area contributed by atoms with Crippen LogP contribution in [0.1, 0.15) is 26.7 Å². The van der Waals surface area contributed by atoms with Gasteiger partial charge in [-0.25, -0.2) is 4.39 Å². The topological polar surface area (TPSA) is 24.4 Å². The molecule has 0 aromatic heterocycles. The van der Waals surface area contributed by atoms with Gasteiger partial charge in [-0.1, -0.05) is 50.1 Å². The van der Waals surface area contributed by atoms with Gasteiger partial charge in [0.25, 0.3) is 0 Å². The summed E-state index contributed by atoms with van der Waals surface area (Å²) in [7, 11) is 0. The third-order valence-corrected chi connectivity index (χ3v) is 4.88. The zero-order valence-corrected chi connectivity index (χ0v) is 12.7. The van der Waals surface area contributed by atoms with Gasteiger partial charge in [-0.2, -0.15) is 0 Å². The van der Waals surface area contributed by atoms with Gasteiger partial charge < -0.3 is 5.32 Å². The van der Waals surface area contributed by atoms with Crippen molar-refractivity contribution in [2.45, 2.75) is 31.9 Å². The maximum Gasteiger partial charge on any atom is 0.161 e. The van der Waals surface area contributed by atoms with E-state index in [2.05, 4.69) is 24.2 Å². The molecular formula is C14H18ClFN2S. The standard InChI is InChI=1S/C14H18ClFN2S/c1-3-9(4-2)13-8-17-14(19-13)18-12-6-10(15)5-11(16)7-12/h5-7,9,13H,3-4,8H2,1-2H3,(H,17,18). The molecule has 0 fully saturated rings. The van der Waals surface area contributed by atoms with E-state index >= 15 is 0 Å². The van der Waals surface area contributed by atoms with Crippen molar-refractivity contribution in [2.75, 3.05) is 11.9 Å². The molecule has 1 aliphatic heterocycles. The first kappa shape index (κ1) is 14.7. The van der Waals surface area contributed by atoms with Crippen LogP contribution in [-0.4, -0.2) is 17.0 Å². The second-order valence-corrected chi connectivity index (χ2v) is 6.33. The maximum absolute atomic E-state index is 13.2. The van der Waals surface area contributed by atoms with Crippen LogP contribution >= 0.6 is 23.4 Å². The Morgan fingerprint density at radius 3 is 2.79 bits per heavy atom. The number of nitrogens with zero attached hydrogens (tertiary/aromatic N) is 1. The molecule has 2 rings (SSSR count). The summed E-state index contributed by atoms with van der Waals surface area (Å²) < 4.78 is 13.2. The Bertz CT molecular complexity index is 454. The molecule has 1 atom stereocenters. The lowest BCUT2D eigenvalue weighted by molar-refractivity contribution is 0.479. The molecule has 0 spiro atoms. The summed E-state index contributed by atoms with van der Waals surface area (Å²) in [6, 6.07) is 4.43. The van der Waals surface area contributed by atoms with Gasteiger partial charge in [0.1, 0.15) is 5.82 Å². The molecule has 19 heavy (non-hydrogen) atoms. The molecule has 0 bridgehead atoms. The van der Waals surface area contributed by atoms with Gasteiger partial charge in [0, 0.05) is 16.0 Å². The normalized spacial score (nSPS) is 18.8. The number of hydrogen-bond donors (Lipinski definition) is 1. The summed E-state index contributed by atoms with van der Waals surface area (Å²) in [5.74, 6) is 0.347. The highest BCUT2D eigenvalue weighted by atomic mass is 35.5. The third-order valence-electron chi connectivity index (χ3n) is 3.37. The summed E-state index contributed by atoms with van der Waals surface area (Å²) in [5, 5.41) is 4.92. The highest BCUT2D eigenvalue weighted by Gasteiger charge is 2.25. The number of halogens is 2. The molecule has 1 heterocycles. The van der Waals surface area contributed by atoms with Crippen LogP contribution in [0.3, 0.4) is 0 Å². The fourth-order valence-electron chi connectivity index (χ4n) is 2.27. The molecule has 0 saturated carbocycles. The van der Waals surface area contributed by atoms with Crippen molar-refractivity contribution in [1.29, 1.82) is 0 Å². The summed E-state index contributed by atoms with van der Waals surface area (Å²) in [6.07, 6.45) is 2.34. The van der Waals surface area contributed by atoms with Crippen LogP contribution in [0.4, 0.5) is 10.1 Å². The fourth-order valence-corrected chi connectivity index (χ4v) is 3.83. The number of thioether (sulfide) groups is 1. The van der Waals surface area contributed by atoms with Gasteiger partial charge in [0.15, 0.2) is 5.17 Å². The van der Waals surface area contributed by atoms with Gasteiger partial charge in [0.05, 0.1) is 6.54 Å². The predicted molar refractivity (Wildman–Crippen MR) is 82.8 cm³/mol. The quantitative estimate of drug-likeness (QED) is 0.864. The highest BCUT2D eigenvalue weighted by molar-refractivity contribution is 8.15. The molecular weight excluding hydrogens is 283 g/mol. The van der Waals surface area contributed by atoms with Crippen LogP contribution in [0.5, 0.6) is 0 Å². The van der Waals surface area contributed by atoms with E-state index in [4.69, 9.17) is 11.6 Å². The van der Waals surface area contributed by atoms with Gasteiger partial charge >= 0.3 is 0 Å². The highest BCUT2D eigenvalue weighted by Crippen LogP contribution is 2.32. The van der Waals surface area contributed by atoms with Crippen LogP contribution in [-0.2, 0) is 0 Å². The Kier molecular flexibility index (Phi) is 5.11. The van der Waals surface area contributed by atoms with Gasteiger partial charge in [-0.15, -0.1) is 0 Å². The minimum atomic E-state index is -0.338. The lowest BCUT2D eigenvalue weighted by atomic mass is 9.99. The minimum Gasteiger partial charge on any atom is -0.335 e. The third kappa shape index (κ3) is 3.86. The number of nitrogens with one attached hydrogen (secondary N) is 1. The van der Waals surface area contributed by atoms with Gasteiger partial charge in [0.2, 0.25) is 0 Å². The van der Waals surface area contributed by atoms with E-state index in [1.54, 1.807) is 17.8 Å². The largest absolute Gasteiger partial charge is 0.335 e. The van der Waals surface area contributed by atoms with Gasteiger partial charge in [-0.3, -0.25) is 4.99 Å². The summed E-state index contributed by atoms with van der Waals surface area (Å²) in [6.45, 7) is 5.27. The van der Waals surface area contributed by atoms with E-state index in [0.717, 1.165) is 11.7 Å². The zero-order chi connectivity index (χ0) is 13.8. The van der Waals surface area contributed by atoms with E-state index in [-0.39, 0.29) is 5.82 Å². The molecule has 0 amide bonds. The first-order chi connectivity index (χ1) is 9.12. The molecule has 2 nitrogen and oxygen atoms in total. The number of rotatable bonds is 4. The van der Waals surface area contributed by atoms with E-state index in [1.807, 2.05) is 0 Å². The molecule has 1 unspecified atom stereocenters. The maximum atomic E-state index is 13.2. The molecule has 0 aliphatic carbocycles. The molecule has 5 heteroatoms. The van der Waals surface area contributed by atoms with Crippen molar-refractivity contribution in [3.63, 3.8) is 0 Å². The van der Waals surface area contributed by atoms with Crippen molar-refractivity contribution < 1.29 is 4.39 Å². The molecule has 1 aliphatic rings. The lowest BCUT2D eigenvalue weighted by Gasteiger charge is -2.18. The summed E-state index contributed by atoms with van der Waals surface area (Å²) >= 11 is 7.58. The van der Waals surface area contributed by atoms with Crippen LogP contribution in [0.25, 0.3) is 0 Å². The van der Waals surface area contributed by atoms with Crippen molar-refractivity contribution >= 4 is 34.2 Å². The molecule has 1 aromatic carbocycles. The average molecular weight is 301 g/mol. The Morgan fingerprint density at radius 1 is 1.42 bits per heavy atom. The second kappa shape index (κ2) is 6.62. The van der Waals surface area contributed by atoms with Crippen molar-refractivity contribution in [3.8, 4) is 0 Å². The van der Waals surface area contributed by atoms with Crippen molar-refractivity contribution in [2.24, 2.45) is 10.9 Å². The SMILES string of the molecule is CCC(CC)C1CN=C(Nc2cc(F)cc(Cl)c2)S1. The molecule has 1 aromatic rings. The molecule has 104 valence electrons. The number of benzene rings is 1. The predicted octanol–water partition coefficient (Wildman–Crippen LogP) is 4.80. The Morgan fingerprint density at radius 2 is 2.16 bits per heavy atom.